The molecule has 29 heavy (non-hydrogen) atoms. The molecule has 0 radical (unpaired) electrons. The van der Waals surface area contributed by atoms with Gasteiger partial charge in [-0.1, -0.05) is 20.3 Å². The maximum absolute atomic E-state index is 12.8. The van der Waals surface area contributed by atoms with Crippen LogP contribution in [0.4, 0.5) is 0 Å². The molecule has 0 aromatic carbocycles. The Morgan fingerprint density at radius 3 is 2.69 bits per heavy atom. The molecule has 2 aliphatic carbocycles. The Hall–Kier alpha value is -0.730. The van der Waals surface area contributed by atoms with Gasteiger partial charge in [0.15, 0.2) is 12.6 Å². The zero-order valence-electron chi connectivity index (χ0n) is 17.8. The summed E-state index contributed by atoms with van der Waals surface area (Å²) >= 11 is 0. The van der Waals surface area contributed by atoms with E-state index in [0.29, 0.717) is 19.4 Å². The maximum Gasteiger partial charge on any atom is 0.312 e. The fourth-order valence-corrected chi connectivity index (χ4v) is 7.79. The number of esters is 1. The molecular weight excluding hydrogens is 376 g/mol. The van der Waals surface area contributed by atoms with Crippen LogP contribution in [-0.4, -0.2) is 58.8 Å². The molecular formula is C22H34O7. The van der Waals surface area contributed by atoms with Crippen LogP contribution >= 0.6 is 0 Å². The van der Waals surface area contributed by atoms with Gasteiger partial charge in [0.2, 0.25) is 0 Å². The third-order valence-electron chi connectivity index (χ3n) is 9.19. The second kappa shape index (κ2) is 6.16. The van der Waals surface area contributed by atoms with E-state index in [-0.39, 0.29) is 29.3 Å². The van der Waals surface area contributed by atoms with E-state index in [0.717, 1.165) is 25.7 Å². The van der Waals surface area contributed by atoms with Gasteiger partial charge in [-0.25, -0.2) is 0 Å². The highest BCUT2D eigenvalue weighted by Gasteiger charge is 2.75. The normalized spacial score (nSPS) is 58.8. The molecule has 3 aliphatic heterocycles. The minimum atomic E-state index is -1.47. The van der Waals surface area contributed by atoms with Gasteiger partial charge in [-0.15, -0.1) is 0 Å². The van der Waals surface area contributed by atoms with Gasteiger partial charge in [0.1, 0.15) is 17.8 Å². The predicted molar refractivity (Wildman–Crippen MR) is 102 cm³/mol. The molecule has 7 nitrogen and oxygen atoms in total. The number of hydrogen-bond acceptors (Lipinski definition) is 7. The van der Waals surface area contributed by atoms with Gasteiger partial charge in [-0.2, -0.15) is 0 Å². The summed E-state index contributed by atoms with van der Waals surface area (Å²) < 4.78 is 24.0. The summed E-state index contributed by atoms with van der Waals surface area (Å²) in [6.07, 6.45) is 1.45. The Kier molecular flexibility index (Phi) is 4.29. The van der Waals surface area contributed by atoms with Crippen LogP contribution in [0.25, 0.3) is 0 Å². The second-order valence-corrected chi connectivity index (χ2v) is 10.5. The SMILES string of the molecule is CCOC1OC2O[C@]3(CC[C@]2(O)C1O)[C@H](C)C[C@H]1OC(=O)[C@@]2(C)CCC[C@@]3(C)[C@@H]12. The van der Waals surface area contributed by atoms with Crippen molar-refractivity contribution in [3.05, 3.63) is 0 Å². The number of ether oxygens (including phenoxy) is 4. The highest BCUT2D eigenvalue weighted by Crippen LogP contribution is 2.69. The van der Waals surface area contributed by atoms with Crippen molar-refractivity contribution in [1.29, 1.82) is 0 Å². The third-order valence-corrected chi connectivity index (χ3v) is 9.19. The lowest BCUT2D eigenvalue weighted by molar-refractivity contribution is -0.356. The van der Waals surface area contributed by atoms with Gasteiger partial charge >= 0.3 is 5.97 Å². The van der Waals surface area contributed by atoms with Crippen molar-refractivity contribution >= 4 is 5.97 Å². The Morgan fingerprint density at radius 2 is 1.97 bits per heavy atom. The number of aliphatic hydroxyl groups is 2. The van der Waals surface area contributed by atoms with Crippen LogP contribution in [0.15, 0.2) is 0 Å². The quantitative estimate of drug-likeness (QED) is 0.674. The summed E-state index contributed by atoms with van der Waals surface area (Å²) in [5, 5.41) is 21.9. The molecule has 3 heterocycles. The van der Waals surface area contributed by atoms with Crippen LogP contribution in [0.3, 0.4) is 0 Å². The Balaban J connectivity index is 1.53. The minimum Gasteiger partial charge on any atom is -0.462 e. The first-order valence-electron chi connectivity index (χ1n) is 11.2. The highest BCUT2D eigenvalue weighted by molar-refractivity contribution is 5.80. The van der Waals surface area contributed by atoms with Crippen molar-refractivity contribution in [2.24, 2.45) is 22.7 Å². The average molecular weight is 411 g/mol. The van der Waals surface area contributed by atoms with Crippen LogP contribution in [0, 0.1) is 22.7 Å². The highest BCUT2D eigenvalue weighted by atomic mass is 16.8. The van der Waals surface area contributed by atoms with Crippen LogP contribution in [0.5, 0.6) is 0 Å². The average Bonchev–Trinajstić information content (AvgIpc) is 3.06. The van der Waals surface area contributed by atoms with Crippen molar-refractivity contribution in [3.8, 4) is 0 Å². The molecule has 7 heteroatoms. The zero-order chi connectivity index (χ0) is 20.8. The summed E-state index contributed by atoms with van der Waals surface area (Å²) in [5.41, 5.74) is -2.76. The van der Waals surface area contributed by atoms with Gasteiger partial charge < -0.3 is 29.2 Å². The molecule has 3 saturated heterocycles. The van der Waals surface area contributed by atoms with Gasteiger partial charge in [0.05, 0.1) is 11.0 Å². The van der Waals surface area contributed by atoms with E-state index < -0.39 is 35.3 Å². The molecule has 0 bridgehead atoms. The molecule has 0 amide bonds. The van der Waals surface area contributed by atoms with E-state index in [1.54, 1.807) is 0 Å². The van der Waals surface area contributed by atoms with Crippen LogP contribution < -0.4 is 0 Å². The van der Waals surface area contributed by atoms with E-state index in [1.165, 1.54) is 0 Å². The third kappa shape index (κ3) is 2.29. The van der Waals surface area contributed by atoms with E-state index >= 15 is 0 Å². The Labute approximate surface area is 172 Å². The lowest BCUT2D eigenvalue weighted by atomic mass is 9.43. The smallest absolute Gasteiger partial charge is 0.312 e. The second-order valence-electron chi connectivity index (χ2n) is 10.5. The number of hydrogen-bond donors (Lipinski definition) is 2. The first-order valence-corrected chi connectivity index (χ1v) is 11.2. The molecule has 5 aliphatic rings. The molecule has 164 valence electrons. The largest absolute Gasteiger partial charge is 0.462 e. The number of rotatable bonds is 2. The monoisotopic (exact) mass is 410 g/mol. The molecule has 0 aromatic heterocycles. The van der Waals surface area contributed by atoms with E-state index in [2.05, 4.69) is 20.8 Å². The van der Waals surface area contributed by atoms with Crippen molar-refractivity contribution < 1.29 is 34.0 Å². The summed E-state index contributed by atoms with van der Waals surface area (Å²) in [7, 11) is 0. The van der Waals surface area contributed by atoms with Gasteiger partial charge in [0, 0.05) is 17.9 Å². The number of aliphatic hydroxyl groups excluding tert-OH is 1. The molecule has 2 saturated carbocycles. The molecule has 5 fully saturated rings. The number of carbonyl (C=O) groups excluding carboxylic acids is 1. The van der Waals surface area contributed by atoms with Crippen molar-refractivity contribution in [1.82, 2.24) is 0 Å². The van der Waals surface area contributed by atoms with Crippen molar-refractivity contribution in [3.63, 3.8) is 0 Å². The number of fused-ring (bicyclic) bond motifs is 2. The fraction of sp³-hybridized carbons (Fsp3) is 0.955. The summed E-state index contributed by atoms with van der Waals surface area (Å²) in [4.78, 5) is 12.8. The first kappa shape index (κ1) is 20.2. The Bertz CT molecular complexity index is 713. The molecule has 10 atom stereocenters. The summed E-state index contributed by atoms with van der Waals surface area (Å²) in [6, 6.07) is 0. The van der Waals surface area contributed by atoms with Crippen molar-refractivity contribution in [2.45, 2.75) is 102 Å². The molecule has 2 N–H and O–H groups in total. The number of carbonyl (C=O) groups is 1. The van der Waals surface area contributed by atoms with E-state index in [4.69, 9.17) is 18.9 Å². The maximum atomic E-state index is 12.8. The molecule has 5 rings (SSSR count). The Morgan fingerprint density at radius 1 is 1.21 bits per heavy atom. The topological polar surface area (TPSA) is 94.5 Å². The zero-order valence-corrected chi connectivity index (χ0v) is 17.8. The molecule has 3 unspecified atom stereocenters. The summed E-state index contributed by atoms with van der Waals surface area (Å²) in [6.45, 7) is 8.67. The van der Waals surface area contributed by atoms with E-state index in [9.17, 15) is 15.0 Å². The van der Waals surface area contributed by atoms with Crippen molar-refractivity contribution in [2.75, 3.05) is 6.61 Å². The van der Waals surface area contributed by atoms with Gasteiger partial charge in [-0.3, -0.25) is 4.79 Å². The lowest BCUT2D eigenvalue weighted by Gasteiger charge is -2.65. The molecule has 0 aromatic rings. The summed E-state index contributed by atoms with van der Waals surface area (Å²) in [5.74, 6) is 0.157. The van der Waals surface area contributed by atoms with Gasteiger partial charge in [0.25, 0.3) is 0 Å². The molecule has 1 spiro atoms. The standard InChI is InChI=1S/C22H34O7/c1-5-26-16-15(23)21(25)9-10-22(29-18(21)28-16)12(2)11-13-14-19(3,17(24)27-13)7-6-8-20(14,22)4/h12-16,18,23,25H,5-11H2,1-4H3/t12-,13-,14+,15?,16?,18?,19+,20+,21+,22-/m1/s1. The van der Waals surface area contributed by atoms with Gasteiger partial charge in [-0.05, 0) is 51.9 Å². The fourth-order valence-electron chi connectivity index (χ4n) is 7.79. The predicted octanol–water partition coefficient (Wildman–Crippen LogP) is 2.12. The van der Waals surface area contributed by atoms with E-state index in [1.807, 2.05) is 6.92 Å². The van der Waals surface area contributed by atoms with Crippen LogP contribution in [0.2, 0.25) is 0 Å². The minimum absolute atomic E-state index is 0.0704. The van der Waals surface area contributed by atoms with Crippen LogP contribution in [0.1, 0.15) is 66.2 Å². The van der Waals surface area contributed by atoms with Crippen LogP contribution in [-0.2, 0) is 23.7 Å². The first-order chi connectivity index (χ1) is 13.6. The lowest BCUT2D eigenvalue weighted by Crippen LogP contribution is -2.70.